The van der Waals surface area contributed by atoms with Gasteiger partial charge < -0.3 is 0 Å². The molecule has 1 atom stereocenters. The van der Waals surface area contributed by atoms with Crippen molar-refractivity contribution in [2.45, 2.75) is 44.3 Å². The summed E-state index contributed by atoms with van der Waals surface area (Å²) in [6, 6.07) is -0.172. The molecule has 13 heavy (non-hydrogen) atoms. The molecular formula is C8H15F3N2. The summed E-state index contributed by atoms with van der Waals surface area (Å²) in [5, 5.41) is 0. The molecule has 0 amide bonds. The lowest BCUT2D eigenvalue weighted by Crippen LogP contribution is -2.36. The van der Waals surface area contributed by atoms with E-state index in [2.05, 4.69) is 5.43 Å². The highest BCUT2D eigenvalue weighted by Crippen LogP contribution is 2.34. The minimum absolute atomic E-state index is 0.0938. The van der Waals surface area contributed by atoms with Gasteiger partial charge in [-0.1, -0.05) is 12.8 Å². The Morgan fingerprint density at radius 3 is 2.38 bits per heavy atom. The van der Waals surface area contributed by atoms with Gasteiger partial charge >= 0.3 is 6.18 Å². The average Bonchev–Trinajstić information content (AvgIpc) is 2.79. The normalized spacial score (nSPS) is 20.3. The van der Waals surface area contributed by atoms with Crippen molar-refractivity contribution >= 4 is 0 Å². The molecule has 0 aliphatic heterocycles. The number of alkyl halides is 3. The van der Waals surface area contributed by atoms with E-state index in [-0.39, 0.29) is 12.5 Å². The van der Waals surface area contributed by atoms with Gasteiger partial charge in [-0.25, -0.2) is 0 Å². The largest absolute Gasteiger partial charge is 0.389 e. The fourth-order valence-corrected chi connectivity index (χ4v) is 1.36. The predicted molar refractivity (Wildman–Crippen MR) is 43.7 cm³/mol. The van der Waals surface area contributed by atoms with Crippen LogP contribution in [0.25, 0.3) is 0 Å². The summed E-state index contributed by atoms with van der Waals surface area (Å²) >= 11 is 0. The van der Waals surface area contributed by atoms with Crippen LogP contribution in [0.3, 0.4) is 0 Å². The van der Waals surface area contributed by atoms with Gasteiger partial charge in [0.05, 0.1) is 0 Å². The third-order valence-electron chi connectivity index (χ3n) is 2.33. The second-order valence-electron chi connectivity index (χ2n) is 3.70. The zero-order chi connectivity index (χ0) is 9.90. The second kappa shape index (κ2) is 4.28. The molecule has 0 bridgehead atoms. The van der Waals surface area contributed by atoms with Crippen LogP contribution in [0, 0.1) is 5.92 Å². The van der Waals surface area contributed by atoms with Crippen molar-refractivity contribution in [3.05, 3.63) is 0 Å². The molecule has 3 N–H and O–H groups in total. The van der Waals surface area contributed by atoms with Crippen molar-refractivity contribution in [1.29, 1.82) is 0 Å². The summed E-state index contributed by atoms with van der Waals surface area (Å²) in [5.74, 6) is 5.77. The first-order chi connectivity index (χ1) is 6.01. The minimum Gasteiger partial charge on any atom is -0.271 e. The van der Waals surface area contributed by atoms with Crippen LogP contribution in [0.2, 0.25) is 0 Å². The van der Waals surface area contributed by atoms with Gasteiger partial charge in [0.1, 0.15) is 0 Å². The number of rotatable bonds is 5. The van der Waals surface area contributed by atoms with Crippen molar-refractivity contribution in [1.82, 2.24) is 5.43 Å². The molecular weight excluding hydrogens is 181 g/mol. The molecule has 2 nitrogen and oxygen atoms in total. The van der Waals surface area contributed by atoms with Crippen molar-refractivity contribution in [2.75, 3.05) is 0 Å². The first kappa shape index (κ1) is 10.8. The number of nitrogens with two attached hydrogens (primary N) is 1. The monoisotopic (exact) mass is 196 g/mol. The SMILES string of the molecule is NNC(CCC(F)(F)F)CC1CC1. The van der Waals surface area contributed by atoms with Crippen molar-refractivity contribution < 1.29 is 13.2 Å². The molecule has 1 unspecified atom stereocenters. The Labute approximate surface area is 75.6 Å². The number of halogens is 3. The molecule has 0 heterocycles. The van der Waals surface area contributed by atoms with Crippen LogP contribution in [-0.2, 0) is 0 Å². The number of hydrazine groups is 1. The highest BCUT2D eigenvalue weighted by Gasteiger charge is 2.30. The summed E-state index contributed by atoms with van der Waals surface area (Å²) in [4.78, 5) is 0. The highest BCUT2D eigenvalue weighted by molar-refractivity contribution is 4.79. The molecule has 1 saturated carbocycles. The van der Waals surface area contributed by atoms with E-state index in [1.165, 1.54) is 0 Å². The van der Waals surface area contributed by atoms with Crippen molar-refractivity contribution in [3.8, 4) is 0 Å². The van der Waals surface area contributed by atoms with Gasteiger partial charge in [0.15, 0.2) is 0 Å². The summed E-state index contributed by atoms with van der Waals surface area (Å²) in [5.41, 5.74) is 2.45. The average molecular weight is 196 g/mol. The number of hydrogen-bond acceptors (Lipinski definition) is 2. The Morgan fingerprint density at radius 2 is 2.00 bits per heavy atom. The minimum atomic E-state index is -4.06. The van der Waals surface area contributed by atoms with Crippen LogP contribution in [0.5, 0.6) is 0 Å². The van der Waals surface area contributed by atoms with Crippen LogP contribution in [0.4, 0.5) is 13.2 Å². The van der Waals surface area contributed by atoms with Crippen LogP contribution < -0.4 is 11.3 Å². The van der Waals surface area contributed by atoms with E-state index in [4.69, 9.17) is 5.84 Å². The van der Waals surface area contributed by atoms with Gasteiger partial charge in [-0.15, -0.1) is 0 Å². The van der Waals surface area contributed by atoms with Gasteiger partial charge in [0.25, 0.3) is 0 Å². The maximum Gasteiger partial charge on any atom is 0.389 e. The van der Waals surface area contributed by atoms with Crippen molar-refractivity contribution in [2.24, 2.45) is 11.8 Å². The van der Waals surface area contributed by atoms with E-state index >= 15 is 0 Å². The first-order valence-electron chi connectivity index (χ1n) is 4.54. The first-order valence-corrected chi connectivity index (χ1v) is 4.54. The lowest BCUT2D eigenvalue weighted by Gasteiger charge is -2.16. The Hall–Kier alpha value is -0.290. The quantitative estimate of drug-likeness (QED) is 0.521. The topological polar surface area (TPSA) is 38.0 Å². The Morgan fingerprint density at radius 1 is 1.38 bits per heavy atom. The maximum absolute atomic E-state index is 11.8. The summed E-state index contributed by atoms with van der Waals surface area (Å²) in [6.07, 6.45) is -1.63. The van der Waals surface area contributed by atoms with E-state index in [0.717, 1.165) is 19.3 Å². The molecule has 5 heteroatoms. The fourth-order valence-electron chi connectivity index (χ4n) is 1.36. The molecule has 1 aliphatic rings. The summed E-state index contributed by atoms with van der Waals surface area (Å²) in [7, 11) is 0. The van der Waals surface area contributed by atoms with Crippen LogP contribution in [0.1, 0.15) is 32.1 Å². The van der Waals surface area contributed by atoms with E-state index < -0.39 is 12.6 Å². The molecule has 1 fully saturated rings. The molecule has 1 rings (SSSR count). The van der Waals surface area contributed by atoms with Gasteiger partial charge in [0.2, 0.25) is 0 Å². The maximum atomic E-state index is 11.8. The standard InChI is InChI=1S/C8H15F3N2/c9-8(10,11)4-3-7(13-12)5-6-1-2-6/h6-7,13H,1-5,12H2. The molecule has 0 saturated heterocycles. The third-order valence-corrected chi connectivity index (χ3v) is 2.33. The Kier molecular flexibility index (Phi) is 3.55. The van der Waals surface area contributed by atoms with Crippen LogP contribution in [-0.4, -0.2) is 12.2 Å². The molecule has 78 valence electrons. The molecule has 0 spiro atoms. The summed E-state index contributed by atoms with van der Waals surface area (Å²) in [6.45, 7) is 0. The highest BCUT2D eigenvalue weighted by atomic mass is 19.4. The van der Waals surface area contributed by atoms with E-state index in [9.17, 15) is 13.2 Å². The second-order valence-corrected chi connectivity index (χ2v) is 3.70. The zero-order valence-corrected chi connectivity index (χ0v) is 7.40. The lowest BCUT2D eigenvalue weighted by molar-refractivity contribution is -0.136. The van der Waals surface area contributed by atoms with Crippen molar-refractivity contribution in [3.63, 3.8) is 0 Å². The van der Waals surface area contributed by atoms with E-state index in [0.29, 0.717) is 5.92 Å². The fraction of sp³-hybridized carbons (Fsp3) is 1.00. The molecule has 1 aliphatic carbocycles. The number of nitrogens with one attached hydrogen (secondary N) is 1. The molecule has 0 radical (unpaired) electrons. The smallest absolute Gasteiger partial charge is 0.271 e. The predicted octanol–water partition coefficient (Wildman–Crippen LogP) is 1.96. The molecule has 0 aromatic rings. The van der Waals surface area contributed by atoms with E-state index in [1.54, 1.807) is 0 Å². The van der Waals surface area contributed by atoms with Gasteiger partial charge in [-0.05, 0) is 18.8 Å². The lowest BCUT2D eigenvalue weighted by atomic mass is 10.1. The van der Waals surface area contributed by atoms with E-state index in [1.807, 2.05) is 0 Å². The number of hydrogen-bond donors (Lipinski definition) is 2. The Bertz CT molecular complexity index is 154. The van der Waals surface area contributed by atoms with Crippen LogP contribution in [0.15, 0.2) is 0 Å². The Balaban J connectivity index is 2.14. The molecule has 0 aromatic carbocycles. The summed E-state index contributed by atoms with van der Waals surface area (Å²) < 4.78 is 35.5. The van der Waals surface area contributed by atoms with Gasteiger partial charge in [0, 0.05) is 12.5 Å². The van der Waals surface area contributed by atoms with Gasteiger partial charge in [-0.3, -0.25) is 11.3 Å². The third kappa shape index (κ3) is 5.10. The zero-order valence-electron chi connectivity index (χ0n) is 7.40. The molecule has 0 aromatic heterocycles. The van der Waals surface area contributed by atoms with Crippen LogP contribution >= 0.6 is 0 Å². The van der Waals surface area contributed by atoms with Gasteiger partial charge in [-0.2, -0.15) is 13.2 Å².